The summed E-state index contributed by atoms with van der Waals surface area (Å²) in [4.78, 5) is 13.9. The molecule has 3 N–H and O–H groups in total. The summed E-state index contributed by atoms with van der Waals surface area (Å²) in [7, 11) is 3.12. The summed E-state index contributed by atoms with van der Waals surface area (Å²) >= 11 is 0. The molecule has 0 radical (unpaired) electrons. The molecule has 0 aromatic heterocycles. The number of aliphatic imine (C=N–C) groups is 1. The second-order valence-corrected chi connectivity index (χ2v) is 3.58. The van der Waals surface area contributed by atoms with Gasteiger partial charge in [0, 0.05) is 6.54 Å². The van der Waals surface area contributed by atoms with Crippen LogP contribution in [0.25, 0.3) is 0 Å². The van der Waals surface area contributed by atoms with Crippen LogP contribution >= 0.6 is 0 Å². The van der Waals surface area contributed by atoms with E-state index in [1.54, 1.807) is 25.7 Å². The summed E-state index contributed by atoms with van der Waals surface area (Å²) in [6.45, 7) is 0.335. The van der Waals surface area contributed by atoms with E-state index in [0.717, 1.165) is 5.56 Å². The fourth-order valence-corrected chi connectivity index (χ4v) is 1.47. The Morgan fingerprint density at radius 1 is 1.42 bits per heavy atom. The number of guanidine groups is 1. The second kappa shape index (κ2) is 7.04. The standard InChI is InChI=1S/C11H16N4O4/c1-18-9-4-3-8(7-10(9)19-2)5-6-13-11(12)14-15(16)17/h3-4,7H,5-6H2,1-2H3,(H3,12,13,14). The molecular formula is C11H16N4O4. The van der Waals surface area contributed by atoms with Gasteiger partial charge in [-0.3, -0.25) is 0 Å². The lowest BCUT2D eigenvalue weighted by Gasteiger charge is -2.08. The van der Waals surface area contributed by atoms with Crippen LogP contribution in [0.4, 0.5) is 0 Å². The molecule has 0 atom stereocenters. The number of ether oxygens (including phenoxy) is 2. The van der Waals surface area contributed by atoms with Gasteiger partial charge in [-0.1, -0.05) is 11.5 Å². The number of nitrogens with zero attached hydrogens (tertiary/aromatic N) is 2. The SMILES string of the molecule is COc1ccc(CCN=C(N)N[N+](=O)[O-])cc1OC. The number of hydrogen-bond donors (Lipinski definition) is 2. The lowest BCUT2D eigenvalue weighted by Crippen LogP contribution is -2.36. The Kier molecular flexibility index (Phi) is 5.39. The van der Waals surface area contributed by atoms with Gasteiger partial charge in [-0.05, 0) is 24.1 Å². The average molecular weight is 268 g/mol. The molecule has 0 unspecified atom stereocenters. The summed E-state index contributed by atoms with van der Waals surface area (Å²) < 4.78 is 10.3. The molecule has 0 fully saturated rings. The van der Waals surface area contributed by atoms with Crippen molar-refractivity contribution in [2.75, 3.05) is 20.8 Å². The average Bonchev–Trinajstić information content (AvgIpc) is 2.37. The zero-order valence-corrected chi connectivity index (χ0v) is 10.8. The molecule has 0 aliphatic carbocycles. The Bertz CT molecular complexity index is 476. The third-order valence-corrected chi connectivity index (χ3v) is 2.34. The number of benzene rings is 1. The molecule has 1 rings (SSSR count). The number of nitrogens with one attached hydrogen (secondary N) is 1. The van der Waals surface area contributed by atoms with Crippen molar-refractivity contribution in [2.24, 2.45) is 10.7 Å². The van der Waals surface area contributed by atoms with Crippen LogP contribution in [0.5, 0.6) is 11.5 Å². The molecule has 0 aliphatic heterocycles. The van der Waals surface area contributed by atoms with Gasteiger partial charge in [-0.15, -0.1) is 0 Å². The van der Waals surface area contributed by atoms with Crippen LogP contribution in [-0.2, 0) is 6.42 Å². The molecular weight excluding hydrogens is 252 g/mol. The van der Waals surface area contributed by atoms with E-state index in [-0.39, 0.29) is 5.96 Å². The van der Waals surface area contributed by atoms with Crippen molar-refractivity contribution in [3.63, 3.8) is 0 Å². The highest BCUT2D eigenvalue weighted by molar-refractivity contribution is 5.76. The highest BCUT2D eigenvalue weighted by Crippen LogP contribution is 2.27. The highest BCUT2D eigenvalue weighted by Gasteiger charge is 2.04. The van der Waals surface area contributed by atoms with Crippen molar-refractivity contribution in [1.29, 1.82) is 0 Å². The second-order valence-electron chi connectivity index (χ2n) is 3.58. The van der Waals surface area contributed by atoms with E-state index in [2.05, 4.69) is 4.99 Å². The van der Waals surface area contributed by atoms with E-state index in [0.29, 0.717) is 24.5 Å². The minimum Gasteiger partial charge on any atom is -0.493 e. The molecule has 8 nitrogen and oxygen atoms in total. The molecule has 0 spiro atoms. The topological polar surface area (TPSA) is 112 Å². The maximum atomic E-state index is 10.1. The van der Waals surface area contributed by atoms with E-state index in [1.165, 1.54) is 0 Å². The monoisotopic (exact) mass is 268 g/mol. The van der Waals surface area contributed by atoms with E-state index >= 15 is 0 Å². The van der Waals surface area contributed by atoms with Gasteiger partial charge in [-0.25, -0.2) is 15.1 Å². The maximum Gasteiger partial charge on any atom is 0.251 e. The van der Waals surface area contributed by atoms with Crippen molar-refractivity contribution in [1.82, 2.24) is 5.43 Å². The molecule has 1 aromatic rings. The van der Waals surface area contributed by atoms with Gasteiger partial charge in [-0.2, -0.15) is 0 Å². The molecule has 1 aromatic carbocycles. The molecule has 0 aliphatic rings. The Morgan fingerprint density at radius 2 is 2.11 bits per heavy atom. The smallest absolute Gasteiger partial charge is 0.251 e. The minimum atomic E-state index is -0.755. The molecule has 0 bridgehead atoms. The van der Waals surface area contributed by atoms with Crippen molar-refractivity contribution >= 4 is 5.96 Å². The van der Waals surface area contributed by atoms with Crippen LogP contribution in [0.1, 0.15) is 5.56 Å². The van der Waals surface area contributed by atoms with Gasteiger partial charge in [0.25, 0.3) is 5.96 Å². The third-order valence-electron chi connectivity index (χ3n) is 2.34. The summed E-state index contributed by atoms with van der Waals surface area (Å²) in [5.41, 5.74) is 8.04. The third kappa shape index (κ3) is 4.70. The quantitative estimate of drug-likeness (QED) is 0.333. The van der Waals surface area contributed by atoms with E-state index in [9.17, 15) is 10.1 Å². The van der Waals surface area contributed by atoms with Crippen LogP contribution in [0.15, 0.2) is 23.2 Å². The van der Waals surface area contributed by atoms with Gasteiger partial charge < -0.3 is 15.2 Å². The first-order chi connectivity index (χ1) is 9.06. The summed E-state index contributed by atoms with van der Waals surface area (Å²) in [6, 6.07) is 5.48. The maximum absolute atomic E-state index is 10.1. The summed E-state index contributed by atoms with van der Waals surface area (Å²) in [6.07, 6.45) is 0.584. The first-order valence-corrected chi connectivity index (χ1v) is 5.48. The van der Waals surface area contributed by atoms with Gasteiger partial charge in [0.2, 0.25) is 0 Å². The molecule has 0 saturated heterocycles. The van der Waals surface area contributed by atoms with E-state index in [1.807, 2.05) is 12.1 Å². The number of hydrazine groups is 1. The van der Waals surface area contributed by atoms with Gasteiger partial charge >= 0.3 is 0 Å². The van der Waals surface area contributed by atoms with E-state index in [4.69, 9.17) is 15.2 Å². The van der Waals surface area contributed by atoms with E-state index < -0.39 is 5.03 Å². The highest BCUT2D eigenvalue weighted by atomic mass is 16.7. The molecule has 19 heavy (non-hydrogen) atoms. The summed E-state index contributed by atoms with van der Waals surface area (Å²) in [5, 5.41) is 9.35. The fraction of sp³-hybridized carbons (Fsp3) is 0.364. The van der Waals surface area contributed by atoms with Crippen LogP contribution in [0, 0.1) is 10.1 Å². The summed E-state index contributed by atoms with van der Waals surface area (Å²) in [5.74, 6) is 1.05. The first-order valence-electron chi connectivity index (χ1n) is 5.48. The van der Waals surface area contributed by atoms with Crippen LogP contribution in [-0.4, -0.2) is 31.8 Å². The van der Waals surface area contributed by atoms with Gasteiger partial charge in [0.1, 0.15) is 0 Å². The fourth-order valence-electron chi connectivity index (χ4n) is 1.47. The minimum absolute atomic E-state index is 0.217. The Balaban J connectivity index is 2.61. The van der Waals surface area contributed by atoms with Crippen LogP contribution in [0.3, 0.4) is 0 Å². The first kappa shape index (κ1) is 14.6. The Morgan fingerprint density at radius 3 is 2.68 bits per heavy atom. The normalized spacial score (nSPS) is 10.9. The molecule has 0 saturated carbocycles. The van der Waals surface area contributed by atoms with Gasteiger partial charge in [0.15, 0.2) is 16.5 Å². The molecule has 0 amide bonds. The lowest BCUT2D eigenvalue weighted by atomic mass is 10.1. The Labute approximate surface area is 110 Å². The largest absolute Gasteiger partial charge is 0.493 e. The number of nitrogens with two attached hydrogens (primary N) is 1. The van der Waals surface area contributed by atoms with Crippen molar-refractivity contribution in [3.05, 3.63) is 33.9 Å². The predicted octanol–water partition coefficient (Wildman–Crippen LogP) is 0.342. The van der Waals surface area contributed by atoms with Crippen LogP contribution < -0.4 is 20.6 Å². The van der Waals surface area contributed by atoms with Crippen molar-refractivity contribution < 1.29 is 14.5 Å². The predicted molar refractivity (Wildman–Crippen MR) is 69.9 cm³/mol. The van der Waals surface area contributed by atoms with Crippen molar-refractivity contribution in [3.8, 4) is 11.5 Å². The molecule has 104 valence electrons. The molecule has 8 heteroatoms. The number of nitro groups is 1. The number of hydrogen-bond acceptors (Lipinski definition) is 5. The zero-order chi connectivity index (χ0) is 14.3. The lowest BCUT2D eigenvalue weighted by molar-refractivity contribution is -0.525. The Hall–Kier alpha value is -2.51. The van der Waals surface area contributed by atoms with Crippen LogP contribution in [0.2, 0.25) is 0 Å². The van der Waals surface area contributed by atoms with Crippen molar-refractivity contribution in [2.45, 2.75) is 6.42 Å². The number of rotatable bonds is 6. The number of methoxy groups -OCH3 is 2. The zero-order valence-electron chi connectivity index (χ0n) is 10.8. The van der Waals surface area contributed by atoms with Gasteiger partial charge in [0.05, 0.1) is 14.2 Å². The molecule has 0 heterocycles.